The number of nitrogens with zero attached hydrogens (tertiary/aromatic N) is 2. The lowest BCUT2D eigenvalue weighted by atomic mass is 10.1. The first-order valence-corrected chi connectivity index (χ1v) is 9.86. The predicted molar refractivity (Wildman–Crippen MR) is 117 cm³/mol. The Morgan fingerprint density at radius 3 is 2.72 bits per heavy atom. The Hall–Kier alpha value is -1.60. The second kappa shape index (κ2) is 7.74. The molecule has 0 fully saturated rings. The first-order valence-electron chi connectivity index (χ1n) is 7.70. The molecule has 1 heterocycles. The number of H-pyrrole nitrogens is 1. The third-order valence-electron chi connectivity index (χ3n) is 3.46. The van der Waals surface area contributed by atoms with Crippen LogP contribution in [0, 0.1) is 18.5 Å². The number of rotatable bonds is 4. The summed E-state index contributed by atoms with van der Waals surface area (Å²) in [4.78, 5) is 7.73. The number of aromatic nitrogens is 2. The maximum absolute atomic E-state index is 9.65. The van der Waals surface area contributed by atoms with E-state index in [2.05, 4.69) is 67.3 Å². The van der Waals surface area contributed by atoms with Gasteiger partial charge in [-0.1, -0.05) is 12.1 Å². The van der Waals surface area contributed by atoms with Gasteiger partial charge in [0.2, 0.25) is 0 Å². The van der Waals surface area contributed by atoms with Gasteiger partial charge in [-0.05, 0) is 89.4 Å². The first-order chi connectivity index (χ1) is 12.0. The zero-order chi connectivity index (χ0) is 18.0. The number of nitrogens with one attached hydrogen (secondary N) is 1. The van der Waals surface area contributed by atoms with E-state index in [0.29, 0.717) is 11.4 Å². The molecule has 4 nitrogen and oxygen atoms in total. The van der Waals surface area contributed by atoms with Gasteiger partial charge in [0.1, 0.15) is 17.6 Å². The van der Waals surface area contributed by atoms with E-state index in [1.807, 2.05) is 50.3 Å². The molecule has 1 N–H and O–H groups in total. The molecule has 0 aliphatic carbocycles. The lowest BCUT2D eigenvalue weighted by Gasteiger charge is -2.15. The highest BCUT2D eigenvalue weighted by Gasteiger charge is 2.13. The number of nitriles is 1. The van der Waals surface area contributed by atoms with Gasteiger partial charge >= 0.3 is 0 Å². The van der Waals surface area contributed by atoms with Crippen molar-refractivity contribution in [3.05, 3.63) is 54.9 Å². The van der Waals surface area contributed by atoms with Crippen LogP contribution in [-0.2, 0) is 0 Å². The maximum atomic E-state index is 9.65. The molecular formula is C19H15I2N3O. The number of allylic oxidation sites excluding steroid dienone is 1. The number of halogens is 2. The van der Waals surface area contributed by atoms with E-state index in [9.17, 15) is 5.26 Å². The van der Waals surface area contributed by atoms with Gasteiger partial charge in [-0.25, -0.2) is 4.98 Å². The van der Waals surface area contributed by atoms with Gasteiger partial charge in [0.05, 0.1) is 26.3 Å². The van der Waals surface area contributed by atoms with Gasteiger partial charge < -0.3 is 9.72 Å². The summed E-state index contributed by atoms with van der Waals surface area (Å²) in [5, 5.41) is 9.65. The minimum atomic E-state index is 0.0532. The van der Waals surface area contributed by atoms with E-state index in [4.69, 9.17) is 4.74 Å². The van der Waals surface area contributed by atoms with Crippen molar-refractivity contribution < 1.29 is 4.74 Å². The van der Waals surface area contributed by atoms with Crippen LogP contribution in [0.15, 0.2) is 36.4 Å². The van der Waals surface area contributed by atoms with Gasteiger partial charge in [0, 0.05) is 9.13 Å². The summed E-state index contributed by atoms with van der Waals surface area (Å²) in [5.74, 6) is 1.35. The molecule has 0 amide bonds. The van der Waals surface area contributed by atoms with Crippen LogP contribution < -0.4 is 4.74 Å². The van der Waals surface area contributed by atoms with E-state index in [0.717, 1.165) is 29.5 Å². The third-order valence-corrected chi connectivity index (χ3v) is 4.88. The highest BCUT2D eigenvalue weighted by molar-refractivity contribution is 14.1. The molecule has 3 aromatic rings. The molecule has 1 aromatic heterocycles. The summed E-state index contributed by atoms with van der Waals surface area (Å²) in [7, 11) is 0. The van der Waals surface area contributed by atoms with Gasteiger partial charge in [-0.3, -0.25) is 0 Å². The molecule has 0 bridgehead atoms. The summed E-state index contributed by atoms with van der Waals surface area (Å²) in [5.41, 5.74) is 3.11. The molecule has 126 valence electrons. The van der Waals surface area contributed by atoms with Crippen molar-refractivity contribution in [3.8, 4) is 11.8 Å². The molecule has 2 aromatic carbocycles. The van der Waals surface area contributed by atoms with E-state index in [1.165, 1.54) is 0 Å². The number of aromatic amines is 1. The lowest BCUT2D eigenvalue weighted by molar-refractivity contribution is 0.240. The van der Waals surface area contributed by atoms with Gasteiger partial charge in [0.15, 0.2) is 0 Å². The van der Waals surface area contributed by atoms with Crippen LogP contribution in [0.5, 0.6) is 5.75 Å². The van der Waals surface area contributed by atoms with Crippen molar-refractivity contribution in [2.24, 2.45) is 0 Å². The summed E-state index contributed by atoms with van der Waals surface area (Å²) in [6, 6.07) is 14.1. The van der Waals surface area contributed by atoms with Crippen LogP contribution in [0.4, 0.5) is 0 Å². The molecule has 0 saturated carbocycles. The average Bonchev–Trinajstić information content (AvgIpc) is 2.99. The zero-order valence-electron chi connectivity index (χ0n) is 13.7. The molecule has 0 aliphatic heterocycles. The minimum absolute atomic E-state index is 0.0532. The topological polar surface area (TPSA) is 61.7 Å². The smallest absolute Gasteiger partial charge is 0.149 e. The highest BCUT2D eigenvalue weighted by Crippen LogP contribution is 2.32. The molecule has 6 heteroatoms. The fourth-order valence-corrected chi connectivity index (χ4v) is 4.45. The number of hydrogen-bond acceptors (Lipinski definition) is 3. The monoisotopic (exact) mass is 555 g/mol. The van der Waals surface area contributed by atoms with Crippen LogP contribution in [0.1, 0.15) is 25.2 Å². The Bertz CT molecular complexity index is 967. The summed E-state index contributed by atoms with van der Waals surface area (Å²) < 4.78 is 8.08. The largest absolute Gasteiger partial charge is 0.489 e. The van der Waals surface area contributed by atoms with Gasteiger partial charge in [0.25, 0.3) is 0 Å². The van der Waals surface area contributed by atoms with E-state index in [1.54, 1.807) is 0 Å². The Morgan fingerprint density at radius 1 is 1.28 bits per heavy atom. The first kappa shape index (κ1) is 18.2. The van der Waals surface area contributed by atoms with E-state index < -0.39 is 0 Å². The number of para-hydroxylation sites is 2. The standard InChI is InChI=1S/C19H15I2N3O/c1-11(2)25-18-12(8-14(20)9-15(18)21)7-13(10-22)19-23-16-5-3-4-6-17(16)24-19/h3-9,11H,1-2H3,(H,23,24). The fourth-order valence-electron chi connectivity index (χ4n) is 2.44. The average molecular weight is 555 g/mol. The van der Waals surface area contributed by atoms with Crippen molar-refractivity contribution >= 4 is 67.9 Å². The predicted octanol–water partition coefficient (Wildman–Crippen LogP) is 5.62. The van der Waals surface area contributed by atoms with E-state index in [-0.39, 0.29) is 6.10 Å². The number of fused-ring (bicyclic) bond motifs is 1. The van der Waals surface area contributed by atoms with Crippen molar-refractivity contribution in [1.82, 2.24) is 9.97 Å². The number of hydrogen-bond donors (Lipinski definition) is 1. The molecule has 0 unspecified atom stereocenters. The highest BCUT2D eigenvalue weighted by atomic mass is 127. The van der Waals surface area contributed by atoms with Gasteiger partial charge in [-0.15, -0.1) is 0 Å². The molecule has 0 saturated heterocycles. The minimum Gasteiger partial charge on any atom is -0.489 e. The summed E-state index contributed by atoms with van der Waals surface area (Å²) in [6.45, 7) is 3.98. The number of benzene rings is 2. The second-order valence-electron chi connectivity index (χ2n) is 5.74. The second-order valence-corrected chi connectivity index (χ2v) is 8.15. The summed E-state index contributed by atoms with van der Waals surface area (Å²) >= 11 is 4.53. The summed E-state index contributed by atoms with van der Waals surface area (Å²) in [6.07, 6.45) is 1.89. The quantitative estimate of drug-likeness (QED) is 0.336. The SMILES string of the molecule is CC(C)Oc1c(I)cc(I)cc1C=C(C#N)c1nc2ccccc2[nH]1. The van der Waals surface area contributed by atoms with Crippen LogP contribution in [0.2, 0.25) is 0 Å². The molecule has 0 radical (unpaired) electrons. The maximum Gasteiger partial charge on any atom is 0.149 e. The Labute approximate surface area is 173 Å². The third kappa shape index (κ3) is 4.15. The van der Waals surface area contributed by atoms with E-state index >= 15 is 0 Å². The van der Waals surface area contributed by atoms with Crippen LogP contribution >= 0.6 is 45.2 Å². The zero-order valence-corrected chi connectivity index (χ0v) is 18.0. The number of ether oxygens (including phenoxy) is 1. The Morgan fingerprint density at radius 2 is 2.04 bits per heavy atom. The molecule has 0 aliphatic rings. The lowest BCUT2D eigenvalue weighted by Crippen LogP contribution is -2.08. The Kier molecular flexibility index (Phi) is 5.64. The van der Waals surface area contributed by atoms with Crippen molar-refractivity contribution in [2.45, 2.75) is 20.0 Å². The van der Waals surface area contributed by atoms with Crippen LogP contribution in [0.3, 0.4) is 0 Å². The normalized spacial score (nSPS) is 11.8. The number of imidazole rings is 1. The van der Waals surface area contributed by atoms with Crippen LogP contribution in [-0.4, -0.2) is 16.1 Å². The van der Waals surface area contributed by atoms with Crippen molar-refractivity contribution in [1.29, 1.82) is 5.26 Å². The molecule has 0 atom stereocenters. The van der Waals surface area contributed by atoms with Crippen molar-refractivity contribution in [2.75, 3.05) is 0 Å². The Balaban J connectivity index is 2.12. The molecule has 25 heavy (non-hydrogen) atoms. The molecular weight excluding hydrogens is 540 g/mol. The van der Waals surface area contributed by atoms with Crippen molar-refractivity contribution in [3.63, 3.8) is 0 Å². The van der Waals surface area contributed by atoms with Crippen LogP contribution in [0.25, 0.3) is 22.7 Å². The van der Waals surface area contributed by atoms with Gasteiger partial charge in [-0.2, -0.15) is 5.26 Å². The fraction of sp³-hybridized carbons (Fsp3) is 0.158. The molecule has 0 spiro atoms. The molecule has 3 rings (SSSR count).